The molecule has 2 aromatic rings. The number of aromatic nitrogens is 3. The lowest BCUT2D eigenvalue weighted by atomic mass is 10.1. The van der Waals surface area contributed by atoms with E-state index in [2.05, 4.69) is 26.8 Å². The first-order valence-corrected chi connectivity index (χ1v) is 7.33. The Morgan fingerprint density at radius 3 is 2.67 bits per heavy atom. The zero-order valence-corrected chi connectivity index (χ0v) is 12.5. The summed E-state index contributed by atoms with van der Waals surface area (Å²) in [5, 5.41) is 10.1. The van der Waals surface area contributed by atoms with Crippen molar-refractivity contribution in [2.45, 2.75) is 32.3 Å². The maximum atomic E-state index is 10.1. The summed E-state index contributed by atoms with van der Waals surface area (Å²) in [6.07, 6.45) is 5.12. The highest BCUT2D eigenvalue weighted by molar-refractivity contribution is 5.57. The van der Waals surface area contributed by atoms with Gasteiger partial charge in [0, 0.05) is 42.8 Å². The molecular weight excluding hydrogens is 264 g/mol. The van der Waals surface area contributed by atoms with Crippen molar-refractivity contribution in [1.82, 2.24) is 15.0 Å². The van der Waals surface area contributed by atoms with Crippen molar-refractivity contribution in [3.05, 3.63) is 36.3 Å². The summed E-state index contributed by atoms with van der Waals surface area (Å²) in [4.78, 5) is 15.4. The molecule has 5 heteroatoms. The van der Waals surface area contributed by atoms with Crippen LogP contribution in [-0.4, -0.2) is 38.7 Å². The van der Waals surface area contributed by atoms with Gasteiger partial charge in [0.2, 0.25) is 0 Å². The molecule has 0 aromatic carbocycles. The van der Waals surface area contributed by atoms with Crippen LogP contribution in [0.3, 0.4) is 0 Å². The molecule has 0 saturated carbocycles. The predicted molar refractivity (Wildman–Crippen MR) is 82.1 cm³/mol. The number of aliphatic hydroxyl groups is 1. The van der Waals surface area contributed by atoms with Crippen LogP contribution in [0.1, 0.15) is 26.0 Å². The van der Waals surface area contributed by atoms with Gasteiger partial charge in [-0.3, -0.25) is 4.98 Å². The summed E-state index contributed by atoms with van der Waals surface area (Å²) >= 11 is 0. The molecule has 0 bridgehead atoms. The van der Waals surface area contributed by atoms with E-state index in [0.717, 1.165) is 42.3 Å². The van der Waals surface area contributed by atoms with Crippen molar-refractivity contribution in [1.29, 1.82) is 0 Å². The molecule has 5 nitrogen and oxygen atoms in total. The summed E-state index contributed by atoms with van der Waals surface area (Å²) in [6, 6.07) is 5.85. The molecule has 1 fully saturated rings. The monoisotopic (exact) mass is 284 g/mol. The number of β-amino-alcohol motifs (C(OH)–C–C–N with tert-alkyl or cyclic N) is 1. The number of pyridine rings is 1. The normalized spacial score (nSPS) is 21.8. The molecule has 1 unspecified atom stereocenters. The highest BCUT2D eigenvalue weighted by Gasteiger charge is 2.32. The predicted octanol–water partition coefficient (Wildman–Crippen LogP) is 2.06. The van der Waals surface area contributed by atoms with E-state index in [9.17, 15) is 5.11 Å². The van der Waals surface area contributed by atoms with E-state index in [1.54, 1.807) is 12.4 Å². The Balaban J connectivity index is 1.98. The van der Waals surface area contributed by atoms with Crippen molar-refractivity contribution in [2.75, 3.05) is 18.0 Å². The molecule has 21 heavy (non-hydrogen) atoms. The summed E-state index contributed by atoms with van der Waals surface area (Å²) in [5.41, 5.74) is 1.35. The Kier molecular flexibility index (Phi) is 3.59. The number of hydrogen-bond donors (Lipinski definition) is 1. The Hall–Kier alpha value is -2.01. The molecule has 2 aromatic heterocycles. The van der Waals surface area contributed by atoms with Crippen molar-refractivity contribution >= 4 is 5.82 Å². The van der Waals surface area contributed by atoms with Crippen LogP contribution in [0.2, 0.25) is 0 Å². The summed E-state index contributed by atoms with van der Waals surface area (Å²) in [7, 11) is 0. The van der Waals surface area contributed by atoms with Gasteiger partial charge in [-0.05, 0) is 31.9 Å². The van der Waals surface area contributed by atoms with E-state index >= 15 is 0 Å². The quantitative estimate of drug-likeness (QED) is 0.934. The lowest BCUT2D eigenvalue weighted by molar-refractivity contribution is 0.0839. The standard InChI is InChI=1S/C16H20N4O/c1-3-13-10-14(20-9-6-16(2,21)11-20)19-15(18-13)12-4-7-17-8-5-12/h4-5,7-8,10,21H,3,6,9,11H2,1-2H3. The molecule has 1 atom stereocenters. The maximum Gasteiger partial charge on any atom is 0.161 e. The van der Waals surface area contributed by atoms with E-state index in [0.29, 0.717) is 6.54 Å². The van der Waals surface area contributed by atoms with E-state index in [4.69, 9.17) is 0 Å². The fraction of sp³-hybridized carbons (Fsp3) is 0.438. The van der Waals surface area contributed by atoms with Crippen LogP contribution >= 0.6 is 0 Å². The first kappa shape index (κ1) is 13.9. The molecule has 0 radical (unpaired) electrons. The average Bonchev–Trinajstić information content (AvgIpc) is 2.88. The van der Waals surface area contributed by atoms with Crippen LogP contribution in [0, 0.1) is 0 Å². The highest BCUT2D eigenvalue weighted by atomic mass is 16.3. The third-order valence-electron chi connectivity index (χ3n) is 3.84. The van der Waals surface area contributed by atoms with Gasteiger partial charge in [0.25, 0.3) is 0 Å². The van der Waals surface area contributed by atoms with Crippen LogP contribution in [0.4, 0.5) is 5.82 Å². The van der Waals surface area contributed by atoms with Crippen LogP contribution < -0.4 is 4.90 Å². The number of rotatable bonds is 3. The smallest absolute Gasteiger partial charge is 0.161 e. The molecule has 1 aliphatic rings. The first-order chi connectivity index (χ1) is 10.1. The van der Waals surface area contributed by atoms with Gasteiger partial charge in [0.05, 0.1) is 5.60 Å². The number of nitrogens with zero attached hydrogens (tertiary/aromatic N) is 4. The van der Waals surface area contributed by atoms with Gasteiger partial charge in [-0.2, -0.15) is 0 Å². The fourth-order valence-electron chi connectivity index (χ4n) is 2.60. The lowest BCUT2D eigenvalue weighted by Gasteiger charge is -2.20. The van der Waals surface area contributed by atoms with Crippen molar-refractivity contribution in [2.24, 2.45) is 0 Å². The second-order valence-electron chi connectivity index (χ2n) is 5.80. The van der Waals surface area contributed by atoms with Gasteiger partial charge in [-0.25, -0.2) is 9.97 Å². The third-order valence-corrected chi connectivity index (χ3v) is 3.84. The molecule has 1 saturated heterocycles. The van der Waals surface area contributed by atoms with Crippen molar-refractivity contribution in [3.8, 4) is 11.4 Å². The fourth-order valence-corrected chi connectivity index (χ4v) is 2.60. The van der Waals surface area contributed by atoms with Gasteiger partial charge in [-0.15, -0.1) is 0 Å². The van der Waals surface area contributed by atoms with E-state index in [1.165, 1.54) is 0 Å². The SMILES string of the molecule is CCc1cc(N2CCC(C)(O)C2)nc(-c2ccncc2)n1. The van der Waals surface area contributed by atoms with Crippen LogP contribution in [0.15, 0.2) is 30.6 Å². The minimum Gasteiger partial charge on any atom is -0.388 e. The van der Waals surface area contributed by atoms with Gasteiger partial charge >= 0.3 is 0 Å². The summed E-state index contributed by atoms with van der Waals surface area (Å²) in [5.74, 6) is 1.62. The van der Waals surface area contributed by atoms with Crippen LogP contribution in [0.25, 0.3) is 11.4 Å². The first-order valence-electron chi connectivity index (χ1n) is 7.33. The van der Waals surface area contributed by atoms with Crippen LogP contribution in [-0.2, 0) is 6.42 Å². The third kappa shape index (κ3) is 3.03. The number of anilines is 1. The zero-order valence-electron chi connectivity index (χ0n) is 12.5. The Labute approximate surface area is 124 Å². The second-order valence-corrected chi connectivity index (χ2v) is 5.80. The Morgan fingerprint density at radius 2 is 2.05 bits per heavy atom. The van der Waals surface area contributed by atoms with E-state index in [1.807, 2.05) is 25.1 Å². The minimum atomic E-state index is -0.631. The van der Waals surface area contributed by atoms with Gasteiger partial charge in [-0.1, -0.05) is 6.92 Å². The highest BCUT2D eigenvalue weighted by Crippen LogP contribution is 2.27. The average molecular weight is 284 g/mol. The van der Waals surface area contributed by atoms with Gasteiger partial charge < -0.3 is 10.0 Å². The molecule has 1 N–H and O–H groups in total. The van der Waals surface area contributed by atoms with E-state index < -0.39 is 5.60 Å². The molecular formula is C16H20N4O. The Morgan fingerprint density at radius 1 is 1.29 bits per heavy atom. The second kappa shape index (κ2) is 5.41. The summed E-state index contributed by atoms with van der Waals surface area (Å²) in [6.45, 7) is 5.40. The van der Waals surface area contributed by atoms with Crippen molar-refractivity contribution in [3.63, 3.8) is 0 Å². The van der Waals surface area contributed by atoms with E-state index in [-0.39, 0.29) is 0 Å². The number of aryl methyl sites for hydroxylation is 1. The van der Waals surface area contributed by atoms with Gasteiger partial charge in [0.15, 0.2) is 5.82 Å². The topological polar surface area (TPSA) is 62.1 Å². The van der Waals surface area contributed by atoms with Crippen molar-refractivity contribution < 1.29 is 5.11 Å². The molecule has 3 heterocycles. The molecule has 1 aliphatic heterocycles. The molecule has 0 spiro atoms. The molecule has 0 amide bonds. The maximum absolute atomic E-state index is 10.1. The molecule has 0 aliphatic carbocycles. The number of hydrogen-bond acceptors (Lipinski definition) is 5. The minimum absolute atomic E-state index is 0.614. The summed E-state index contributed by atoms with van der Waals surface area (Å²) < 4.78 is 0. The largest absolute Gasteiger partial charge is 0.388 e. The van der Waals surface area contributed by atoms with Crippen LogP contribution in [0.5, 0.6) is 0 Å². The van der Waals surface area contributed by atoms with Gasteiger partial charge in [0.1, 0.15) is 5.82 Å². The molecule has 3 rings (SSSR count). The Bertz CT molecular complexity index is 627. The lowest BCUT2D eigenvalue weighted by Crippen LogP contribution is -2.30. The molecule has 110 valence electrons. The zero-order chi connectivity index (χ0) is 14.9.